The van der Waals surface area contributed by atoms with Crippen molar-refractivity contribution in [3.05, 3.63) is 83.9 Å². The van der Waals surface area contributed by atoms with Crippen molar-refractivity contribution in [1.82, 2.24) is 0 Å². The Hall–Kier alpha value is -2.34. The summed E-state index contributed by atoms with van der Waals surface area (Å²) in [6.07, 6.45) is 0. The molecule has 0 fully saturated rings. The minimum Gasteiger partial charge on any atom is -0.0622 e. The van der Waals surface area contributed by atoms with E-state index in [1.54, 1.807) is 0 Å². The fourth-order valence-electron chi connectivity index (χ4n) is 2.43. The zero-order valence-corrected chi connectivity index (χ0v) is 11.9. The monoisotopic (exact) mass is 258 g/mol. The molecule has 98 valence electrons. The van der Waals surface area contributed by atoms with E-state index in [9.17, 15) is 0 Å². The summed E-state index contributed by atoms with van der Waals surface area (Å²) in [6.45, 7) is 4.32. The van der Waals surface area contributed by atoms with E-state index in [-0.39, 0.29) is 0 Å². The van der Waals surface area contributed by atoms with Crippen LogP contribution in [0, 0.1) is 13.8 Å². The average molecular weight is 258 g/mol. The Kier molecular flexibility index (Phi) is 3.39. The smallest absolute Gasteiger partial charge is 0.0178 e. The van der Waals surface area contributed by atoms with Crippen molar-refractivity contribution in [3.8, 4) is 22.3 Å². The average Bonchev–Trinajstić information content (AvgIpc) is 2.51. The summed E-state index contributed by atoms with van der Waals surface area (Å²) in [6, 6.07) is 25.9. The Morgan fingerprint density at radius 2 is 1.05 bits per heavy atom. The van der Waals surface area contributed by atoms with Crippen molar-refractivity contribution in [2.75, 3.05) is 0 Å². The van der Waals surface area contributed by atoms with Crippen LogP contribution in [0.15, 0.2) is 72.8 Å². The minimum absolute atomic E-state index is 1.26. The predicted molar refractivity (Wildman–Crippen MR) is 86.8 cm³/mol. The number of hydrogen-bond donors (Lipinski definition) is 0. The number of benzene rings is 3. The van der Waals surface area contributed by atoms with Crippen LogP contribution >= 0.6 is 0 Å². The molecule has 0 aliphatic heterocycles. The Morgan fingerprint density at radius 3 is 1.75 bits per heavy atom. The zero-order chi connectivity index (χ0) is 13.9. The minimum atomic E-state index is 1.26. The summed E-state index contributed by atoms with van der Waals surface area (Å²) in [4.78, 5) is 0. The maximum absolute atomic E-state index is 2.26. The molecule has 20 heavy (non-hydrogen) atoms. The lowest BCUT2D eigenvalue weighted by Gasteiger charge is -2.08. The summed E-state index contributed by atoms with van der Waals surface area (Å²) in [5, 5.41) is 0. The second kappa shape index (κ2) is 5.34. The van der Waals surface area contributed by atoms with Gasteiger partial charge < -0.3 is 0 Å². The molecule has 0 nitrogen and oxygen atoms in total. The van der Waals surface area contributed by atoms with Crippen LogP contribution in [0.5, 0.6) is 0 Å². The highest BCUT2D eigenvalue weighted by atomic mass is 14.1. The predicted octanol–water partition coefficient (Wildman–Crippen LogP) is 5.64. The SMILES string of the molecule is Cc1ccc(-c2cccc(-c3ccccc3)c2)cc1C. The molecule has 0 heterocycles. The lowest BCUT2D eigenvalue weighted by Crippen LogP contribution is -1.84. The summed E-state index contributed by atoms with van der Waals surface area (Å²) in [5.41, 5.74) is 7.76. The molecular weight excluding hydrogens is 240 g/mol. The quantitative estimate of drug-likeness (QED) is 0.558. The van der Waals surface area contributed by atoms with Crippen LogP contribution in [0.25, 0.3) is 22.3 Å². The molecule has 0 spiro atoms. The zero-order valence-electron chi connectivity index (χ0n) is 11.9. The molecule has 0 aromatic heterocycles. The highest BCUT2D eigenvalue weighted by Crippen LogP contribution is 2.27. The lowest BCUT2D eigenvalue weighted by molar-refractivity contribution is 1.34. The number of aryl methyl sites for hydroxylation is 2. The molecule has 0 unspecified atom stereocenters. The third-order valence-electron chi connectivity index (χ3n) is 3.81. The van der Waals surface area contributed by atoms with Crippen LogP contribution < -0.4 is 0 Å². The Morgan fingerprint density at radius 1 is 0.450 bits per heavy atom. The molecule has 0 bridgehead atoms. The first-order valence-electron chi connectivity index (χ1n) is 6.97. The van der Waals surface area contributed by atoms with Gasteiger partial charge in [-0.1, -0.05) is 66.7 Å². The van der Waals surface area contributed by atoms with E-state index in [1.807, 2.05) is 0 Å². The highest BCUT2D eigenvalue weighted by molar-refractivity contribution is 5.73. The molecule has 0 radical (unpaired) electrons. The fourth-order valence-corrected chi connectivity index (χ4v) is 2.43. The van der Waals surface area contributed by atoms with Gasteiger partial charge in [-0.15, -0.1) is 0 Å². The van der Waals surface area contributed by atoms with Crippen molar-refractivity contribution in [2.24, 2.45) is 0 Å². The van der Waals surface area contributed by atoms with Crippen molar-refractivity contribution in [3.63, 3.8) is 0 Å². The van der Waals surface area contributed by atoms with Gasteiger partial charge in [-0.25, -0.2) is 0 Å². The second-order valence-corrected chi connectivity index (χ2v) is 5.25. The van der Waals surface area contributed by atoms with Gasteiger partial charge in [0.05, 0.1) is 0 Å². The first kappa shape index (κ1) is 12.7. The van der Waals surface area contributed by atoms with Gasteiger partial charge in [0.25, 0.3) is 0 Å². The Bertz CT molecular complexity index is 724. The standard InChI is InChI=1S/C20H18/c1-15-11-12-20(13-16(15)2)19-10-6-9-18(14-19)17-7-4-3-5-8-17/h3-14H,1-2H3. The van der Waals surface area contributed by atoms with Gasteiger partial charge in [0.1, 0.15) is 0 Å². The molecule has 0 N–H and O–H groups in total. The van der Waals surface area contributed by atoms with Crippen LogP contribution in [-0.4, -0.2) is 0 Å². The van der Waals surface area contributed by atoms with Crippen LogP contribution in [0.2, 0.25) is 0 Å². The summed E-state index contributed by atoms with van der Waals surface area (Å²) in [7, 11) is 0. The van der Waals surface area contributed by atoms with E-state index >= 15 is 0 Å². The van der Waals surface area contributed by atoms with Gasteiger partial charge in [-0.2, -0.15) is 0 Å². The normalized spacial score (nSPS) is 10.5. The molecule has 3 rings (SSSR count). The van der Waals surface area contributed by atoms with Crippen molar-refractivity contribution >= 4 is 0 Å². The van der Waals surface area contributed by atoms with Crippen molar-refractivity contribution < 1.29 is 0 Å². The first-order valence-corrected chi connectivity index (χ1v) is 6.97. The Labute approximate surface area is 120 Å². The van der Waals surface area contributed by atoms with E-state index in [1.165, 1.54) is 33.4 Å². The van der Waals surface area contributed by atoms with E-state index in [4.69, 9.17) is 0 Å². The summed E-state index contributed by atoms with van der Waals surface area (Å²) < 4.78 is 0. The Balaban J connectivity index is 2.05. The van der Waals surface area contributed by atoms with Gasteiger partial charge in [-0.3, -0.25) is 0 Å². The topological polar surface area (TPSA) is 0 Å². The van der Waals surface area contributed by atoms with Crippen molar-refractivity contribution in [1.29, 1.82) is 0 Å². The van der Waals surface area contributed by atoms with Crippen molar-refractivity contribution in [2.45, 2.75) is 13.8 Å². The molecule has 0 aliphatic rings. The second-order valence-electron chi connectivity index (χ2n) is 5.25. The molecule has 3 aromatic rings. The molecule has 0 heteroatoms. The van der Waals surface area contributed by atoms with E-state index in [0.717, 1.165) is 0 Å². The van der Waals surface area contributed by atoms with E-state index in [2.05, 4.69) is 86.6 Å². The highest BCUT2D eigenvalue weighted by Gasteiger charge is 2.02. The van der Waals surface area contributed by atoms with Crippen LogP contribution in [0.4, 0.5) is 0 Å². The van der Waals surface area contributed by atoms with Gasteiger partial charge in [0.15, 0.2) is 0 Å². The van der Waals surface area contributed by atoms with Gasteiger partial charge in [0, 0.05) is 0 Å². The van der Waals surface area contributed by atoms with Gasteiger partial charge in [0.2, 0.25) is 0 Å². The fraction of sp³-hybridized carbons (Fsp3) is 0.100. The van der Waals surface area contributed by atoms with E-state index < -0.39 is 0 Å². The third-order valence-corrected chi connectivity index (χ3v) is 3.81. The van der Waals surface area contributed by atoms with Gasteiger partial charge >= 0.3 is 0 Å². The largest absolute Gasteiger partial charge is 0.0622 e. The first-order chi connectivity index (χ1) is 9.74. The van der Waals surface area contributed by atoms with Gasteiger partial charge in [-0.05, 0) is 53.3 Å². The van der Waals surface area contributed by atoms with Crippen LogP contribution in [0.1, 0.15) is 11.1 Å². The molecule has 0 atom stereocenters. The maximum atomic E-state index is 2.26. The lowest BCUT2D eigenvalue weighted by atomic mass is 9.97. The van der Waals surface area contributed by atoms with E-state index in [0.29, 0.717) is 0 Å². The molecule has 0 saturated carbocycles. The molecule has 0 saturated heterocycles. The molecule has 0 aliphatic carbocycles. The maximum Gasteiger partial charge on any atom is -0.0178 e. The number of hydrogen-bond acceptors (Lipinski definition) is 0. The molecular formula is C20H18. The third kappa shape index (κ3) is 2.50. The molecule has 0 amide bonds. The summed E-state index contributed by atoms with van der Waals surface area (Å²) in [5.74, 6) is 0. The van der Waals surface area contributed by atoms with Crippen LogP contribution in [0.3, 0.4) is 0 Å². The summed E-state index contributed by atoms with van der Waals surface area (Å²) >= 11 is 0. The van der Waals surface area contributed by atoms with Crippen LogP contribution in [-0.2, 0) is 0 Å². The number of rotatable bonds is 2. The molecule has 3 aromatic carbocycles.